The van der Waals surface area contributed by atoms with Crippen LogP contribution in [0.15, 0.2) is 41.0 Å². The van der Waals surface area contributed by atoms with E-state index in [0.717, 1.165) is 18.8 Å². The molecule has 0 saturated carbocycles. The summed E-state index contributed by atoms with van der Waals surface area (Å²) in [6.45, 7) is 2.74. The number of likely N-dealkylation sites (tertiary alicyclic amines) is 1. The van der Waals surface area contributed by atoms with Gasteiger partial charge < -0.3 is 14.6 Å². The van der Waals surface area contributed by atoms with Crippen LogP contribution in [0.5, 0.6) is 0 Å². The third kappa shape index (κ3) is 3.89. The van der Waals surface area contributed by atoms with Gasteiger partial charge in [0.25, 0.3) is 5.91 Å². The van der Waals surface area contributed by atoms with Crippen molar-refractivity contribution in [2.45, 2.75) is 18.9 Å². The first-order valence-electron chi connectivity index (χ1n) is 7.76. The van der Waals surface area contributed by atoms with Crippen LogP contribution < -0.4 is 10.2 Å². The topological polar surface area (TPSA) is 46.7 Å². The average molecular weight is 354 g/mol. The summed E-state index contributed by atoms with van der Waals surface area (Å²) in [7, 11) is 0. The van der Waals surface area contributed by atoms with Gasteiger partial charge in [-0.15, -0.1) is 0 Å². The van der Waals surface area contributed by atoms with Gasteiger partial charge in [0.1, 0.15) is 0 Å². The van der Waals surface area contributed by atoms with Crippen LogP contribution in [0.4, 0.5) is 0 Å². The second-order valence-corrected chi connectivity index (χ2v) is 6.59. The van der Waals surface area contributed by atoms with E-state index in [0.29, 0.717) is 22.2 Å². The smallest absolute Gasteiger partial charge is 0.251 e. The molecule has 1 aromatic carbocycles. The van der Waals surface area contributed by atoms with Crippen LogP contribution in [0.3, 0.4) is 0 Å². The Kier molecular flexibility index (Phi) is 5.26. The number of furan rings is 1. The SMILES string of the molecule is O=C(NC[C@H](c1ccco1)[NH+]1CCCC1)c1ccc(Cl)c(Cl)c1. The second kappa shape index (κ2) is 7.39. The molecule has 1 aromatic heterocycles. The molecule has 0 aliphatic carbocycles. The summed E-state index contributed by atoms with van der Waals surface area (Å²) in [6, 6.07) is 8.89. The largest absolute Gasteiger partial charge is 0.463 e. The van der Waals surface area contributed by atoms with E-state index in [2.05, 4.69) is 5.32 Å². The van der Waals surface area contributed by atoms with E-state index in [1.807, 2.05) is 12.1 Å². The number of amides is 1. The Morgan fingerprint density at radius 3 is 2.65 bits per heavy atom. The van der Waals surface area contributed by atoms with Crippen molar-refractivity contribution in [3.63, 3.8) is 0 Å². The molecule has 1 fully saturated rings. The fourth-order valence-electron chi connectivity index (χ4n) is 3.05. The lowest BCUT2D eigenvalue weighted by Gasteiger charge is -2.23. The van der Waals surface area contributed by atoms with E-state index in [-0.39, 0.29) is 11.9 Å². The summed E-state index contributed by atoms with van der Waals surface area (Å²) in [5.41, 5.74) is 0.508. The van der Waals surface area contributed by atoms with Crippen molar-refractivity contribution < 1.29 is 14.1 Å². The molecule has 1 saturated heterocycles. The maximum atomic E-state index is 12.3. The molecule has 2 aromatic rings. The fourth-order valence-corrected chi connectivity index (χ4v) is 3.35. The van der Waals surface area contributed by atoms with Crippen LogP contribution in [-0.4, -0.2) is 25.5 Å². The summed E-state index contributed by atoms with van der Waals surface area (Å²) in [5, 5.41) is 3.81. The van der Waals surface area contributed by atoms with E-state index in [1.54, 1.807) is 24.5 Å². The van der Waals surface area contributed by atoms with Crippen molar-refractivity contribution in [3.05, 3.63) is 58.0 Å². The standard InChI is InChI=1S/C17H18Cl2N2O2/c18-13-6-5-12(10-14(13)19)17(22)20-11-15(16-4-3-9-23-16)21-7-1-2-8-21/h3-6,9-10,15H,1-2,7-8,11H2,(H,20,22)/p+1/t15-/m1/s1. The van der Waals surface area contributed by atoms with Gasteiger partial charge in [-0.3, -0.25) is 4.79 Å². The first-order chi connectivity index (χ1) is 11.1. The lowest BCUT2D eigenvalue weighted by atomic mass is 10.1. The average Bonchev–Trinajstić information content (AvgIpc) is 3.24. The molecule has 0 bridgehead atoms. The number of hydrogen-bond acceptors (Lipinski definition) is 2. The van der Waals surface area contributed by atoms with Crippen LogP contribution >= 0.6 is 23.2 Å². The Labute approximate surface area is 145 Å². The highest BCUT2D eigenvalue weighted by Crippen LogP contribution is 2.22. The van der Waals surface area contributed by atoms with Gasteiger partial charge in [0.05, 0.1) is 35.9 Å². The summed E-state index contributed by atoms with van der Waals surface area (Å²) < 4.78 is 5.57. The van der Waals surface area contributed by atoms with Crippen LogP contribution in [0.25, 0.3) is 0 Å². The Balaban J connectivity index is 1.68. The Morgan fingerprint density at radius 2 is 2.00 bits per heavy atom. The van der Waals surface area contributed by atoms with E-state index in [9.17, 15) is 4.79 Å². The Hall–Kier alpha value is -1.49. The molecule has 23 heavy (non-hydrogen) atoms. The third-order valence-corrected chi connectivity index (χ3v) is 5.01. The van der Waals surface area contributed by atoms with Gasteiger partial charge in [-0.05, 0) is 30.3 Å². The molecule has 4 nitrogen and oxygen atoms in total. The zero-order chi connectivity index (χ0) is 16.2. The molecule has 0 unspecified atom stereocenters. The maximum Gasteiger partial charge on any atom is 0.251 e. The lowest BCUT2D eigenvalue weighted by Crippen LogP contribution is -3.11. The number of rotatable bonds is 5. The first kappa shape index (κ1) is 16.4. The highest BCUT2D eigenvalue weighted by molar-refractivity contribution is 6.42. The summed E-state index contributed by atoms with van der Waals surface area (Å²) in [5.74, 6) is 0.759. The summed E-state index contributed by atoms with van der Waals surface area (Å²) in [4.78, 5) is 13.8. The monoisotopic (exact) mass is 353 g/mol. The van der Waals surface area contributed by atoms with Crippen LogP contribution in [0.2, 0.25) is 10.0 Å². The molecule has 0 spiro atoms. The number of quaternary nitrogens is 1. The second-order valence-electron chi connectivity index (χ2n) is 5.77. The van der Waals surface area contributed by atoms with Gasteiger partial charge in [0, 0.05) is 18.4 Å². The van der Waals surface area contributed by atoms with Crippen LogP contribution in [0.1, 0.15) is 35.0 Å². The molecule has 1 aliphatic rings. The third-order valence-electron chi connectivity index (χ3n) is 4.27. The molecular formula is C17H19Cl2N2O2+. The van der Waals surface area contributed by atoms with E-state index in [1.165, 1.54) is 17.7 Å². The van der Waals surface area contributed by atoms with Crippen molar-refractivity contribution in [3.8, 4) is 0 Å². The number of benzene rings is 1. The lowest BCUT2D eigenvalue weighted by molar-refractivity contribution is -0.919. The number of carbonyl (C=O) groups excluding carboxylic acids is 1. The number of halogens is 2. The first-order valence-corrected chi connectivity index (χ1v) is 8.52. The molecule has 6 heteroatoms. The zero-order valence-electron chi connectivity index (χ0n) is 12.6. The van der Waals surface area contributed by atoms with Crippen molar-refractivity contribution in [1.29, 1.82) is 0 Å². The molecule has 122 valence electrons. The van der Waals surface area contributed by atoms with E-state index in [4.69, 9.17) is 27.6 Å². The van der Waals surface area contributed by atoms with Crippen molar-refractivity contribution in [2.75, 3.05) is 19.6 Å². The maximum absolute atomic E-state index is 12.3. The molecule has 3 rings (SSSR count). The van der Waals surface area contributed by atoms with Gasteiger partial charge in [-0.2, -0.15) is 0 Å². The van der Waals surface area contributed by atoms with E-state index >= 15 is 0 Å². The predicted molar refractivity (Wildman–Crippen MR) is 90.2 cm³/mol. The fraction of sp³-hybridized carbons (Fsp3) is 0.353. The van der Waals surface area contributed by atoms with Crippen molar-refractivity contribution >= 4 is 29.1 Å². The zero-order valence-corrected chi connectivity index (χ0v) is 14.2. The molecule has 2 heterocycles. The normalized spacial score (nSPS) is 16.4. The molecule has 1 aliphatic heterocycles. The number of nitrogens with one attached hydrogen (secondary N) is 2. The predicted octanol–water partition coefficient (Wildman–Crippen LogP) is 2.74. The Bertz CT molecular complexity index is 667. The van der Waals surface area contributed by atoms with Crippen molar-refractivity contribution in [1.82, 2.24) is 5.32 Å². The minimum Gasteiger partial charge on any atom is -0.463 e. The number of hydrogen-bond donors (Lipinski definition) is 2. The number of carbonyl (C=O) groups is 1. The molecule has 2 N–H and O–H groups in total. The molecular weight excluding hydrogens is 335 g/mol. The molecule has 0 radical (unpaired) electrons. The highest BCUT2D eigenvalue weighted by atomic mass is 35.5. The van der Waals surface area contributed by atoms with Gasteiger partial charge in [0.15, 0.2) is 11.8 Å². The minimum absolute atomic E-state index is 0.138. The summed E-state index contributed by atoms with van der Waals surface area (Å²) >= 11 is 11.9. The summed E-state index contributed by atoms with van der Waals surface area (Å²) in [6.07, 6.45) is 4.11. The van der Waals surface area contributed by atoms with Gasteiger partial charge in [-0.25, -0.2) is 0 Å². The van der Waals surface area contributed by atoms with Gasteiger partial charge in [-0.1, -0.05) is 23.2 Å². The van der Waals surface area contributed by atoms with Crippen molar-refractivity contribution in [2.24, 2.45) is 0 Å². The molecule has 1 atom stereocenters. The minimum atomic E-state index is -0.154. The van der Waals surface area contributed by atoms with Gasteiger partial charge >= 0.3 is 0 Å². The van der Waals surface area contributed by atoms with Gasteiger partial charge in [0.2, 0.25) is 0 Å². The van der Waals surface area contributed by atoms with Crippen LogP contribution in [0, 0.1) is 0 Å². The highest BCUT2D eigenvalue weighted by Gasteiger charge is 2.29. The van der Waals surface area contributed by atoms with Crippen LogP contribution in [-0.2, 0) is 0 Å². The molecule has 1 amide bonds. The van der Waals surface area contributed by atoms with E-state index < -0.39 is 0 Å². The Morgan fingerprint density at radius 1 is 1.22 bits per heavy atom. The quantitative estimate of drug-likeness (QED) is 0.867.